The normalized spacial score (nSPS) is 18.2. The van der Waals surface area contributed by atoms with Gasteiger partial charge in [0.05, 0.1) is 27.8 Å². The van der Waals surface area contributed by atoms with Crippen LogP contribution >= 0.6 is 50.7 Å². The molecular weight excluding hydrogens is 499 g/mol. The molecule has 4 nitrogen and oxygen atoms in total. The van der Waals surface area contributed by atoms with Crippen molar-refractivity contribution in [3.8, 4) is 0 Å². The number of methoxy groups -OCH3 is 1. The van der Waals surface area contributed by atoms with Crippen LogP contribution in [0.25, 0.3) is 0 Å². The lowest BCUT2D eigenvalue weighted by Crippen LogP contribution is -2.46. The van der Waals surface area contributed by atoms with Crippen molar-refractivity contribution in [2.75, 3.05) is 7.11 Å². The average molecular weight is 513 g/mol. The van der Waals surface area contributed by atoms with Crippen molar-refractivity contribution >= 4 is 56.6 Å². The van der Waals surface area contributed by atoms with Crippen LogP contribution < -0.4 is 0 Å². The first kappa shape index (κ1) is 20.6. The maximum Gasteiger partial charge on any atom is 0.257 e. The van der Waals surface area contributed by atoms with E-state index >= 15 is 0 Å². The van der Waals surface area contributed by atoms with E-state index in [1.54, 1.807) is 54.6 Å². The summed E-state index contributed by atoms with van der Waals surface area (Å²) in [5.41, 5.74) is 1.23. The number of benzene rings is 2. The maximum atomic E-state index is 13.5. The van der Waals surface area contributed by atoms with Gasteiger partial charge in [0.1, 0.15) is 0 Å². The Hall–Kier alpha value is -1.63. The third-order valence-corrected chi connectivity index (χ3v) is 6.12. The Morgan fingerprint density at radius 1 is 1.07 bits per heavy atom. The van der Waals surface area contributed by atoms with E-state index in [2.05, 4.69) is 20.9 Å². The molecule has 0 aliphatic carbocycles. The summed E-state index contributed by atoms with van der Waals surface area (Å²) in [6.45, 7) is 0.203. The predicted molar refractivity (Wildman–Crippen MR) is 118 cm³/mol. The highest BCUT2D eigenvalue weighted by Crippen LogP contribution is 2.49. The molecule has 1 aliphatic rings. The second-order valence-corrected chi connectivity index (χ2v) is 8.72. The monoisotopic (exact) mass is 510 g/mol. The minimum atomic E-state index is -1.23. The van der Waals surface area contributed by atoms with Gasteiger partial charge in [-0.3, -0.25) is 14.7 Å². The van der Waals surface area contributed by atoms with Crippen LogP contribution in [0.1, 0.15) is 27.2 Å². The van der Waals surface area contributed by atoms with Crippen molar-refractivity contribution in [2.45, 2.75) is 12.3 Å². The molecule has 1 amide bonds. The number of amides is 1. The van der Waals surface area contributed by atoms with Crippen LogP contribution in [0.5, 0.6) is 0 Å². The van der Waals surface area contributed by atoms with E-state index in [-0.39, 0.29) is 12.5 Å². The summed E-state index contributed by atoms with van der Waals surface area (Å²) in [5, 5.41) is 1.52. The predicted octanol–water partition coefficient (Wildman–Crippen LogP) is 6.31. The quantitative estimate of drug-likeness (QED) is 0.412. The van der Waals surface area contributed by atoms with Crippen molar-refractivity contribution < 1.29 is 9.53 Å². The van der Waals surface area contributed by atoms with Crippen molar-refractivity contribution in [3.05, 3.63) is 96.7 Å². The molecule has 0 bridgehead atoms. The number of hydrogen-bond acceptors (Lipinski definition) is 3. The number of nitrogens with zero attached hydrogens (tertiary/aromatic N) is 2. The second-order valence-electron chi connectivity index (χ2n) is 6.52. The summed E-state index contributed by atoms with van der Waals surface area (Å²) >= 11 is 22.1. The average Bonchev–Trinajstić information content (AvgIpc) is 2.93. The van der Waals surface area contributed by atoms with Crippen LogP contribution in [-0.2, 0) is 17.0 Å². The molecule has 8 heteroatoms. The standard InChI is InChI=1S/C21H14BrCl3N2O2/c1-29-21(12-2-4-14(23)5-3-12)19-17(8-13(22)9-18(19)25)20(28)27(21)11-16-7-6-15(24)10-26-16/h2-10H,11H2,1H3. The highest BCUT2D eigenvalue weighted by Gasteiger charge is 2.53. The first-order valence-electron chi connectivity index (χ1n) is 8.60. The third-order valence-electron chi connectivity index (χ3n) is 4.89. The van der Waals surface area contributed by atoms with E-state index in [4.69, 9.17) is 39.5 Å². The van der Waals surface area contributed by atoms with Gasteiger partial charge in [0.2, 0.25) is 0 Å². The van der Waals surface area contributed by atoms with E-state index in [9.17, 15) is 4.79 Å². The summed E-state index contributed by atoms with van der Waals surface area (Å²) < 4.78 is 6.77. The molecule has 4 rings (SSSR count). The Morgan fingerprint density at radius 2 is 1.76 bits per heavy atom. The zero-order valence-electron chi connectivity index (χ0n) is 15.1. The van der Waals surface area contributed by atoms with E-state index in [1.165, 1.54) is 0 Å². The molecule has 2 heterocycles. The van der Waals surface area contributed by atoms with Gasteiger partial charge in [-0.1, -0.05) is 62.9 Å². The fourth-order valence-corrected chi connectivity index (χ4v) is 4.84. The van der Waals surface area contributed by atoms with Gasteiger partial charge in [0, 0.05) is 33.9 Å². The Balaban J connectivity index is 1.95. The molecule has 1 atom stereocenters. The molecule has 0 spiro atoms. The third kappa shape index (κ3) is 3.45. The number of carbonyl (C=O) groups is 1. The number of hydrogen-bond donors (Lipinski definition) is 0. The van der Waals surface area contributed by atoms with Crippen LogP contribution in [0.15, 0.2) is 59.2 Å². The van der Waals surface area contributed by atoms with Gasteiger partial charge >= 0.3 is 0 Å². The SMILES string of the molecule is COC1(c2ccc(Cl)cc2)c2c(Cl)cc(Br)cc2C(=O)N1Cc1ccc(Cl)cn1. The number of pyridine rings is 1. The highest BCUT2D eigenvalue weighted by atomic mass is 79.9. The molecule has 0 saturated carbocycles. The van der Waals surface area contributed by atoms with Gasteiger partial charge in [-0.2, -0.15) is 0 Å². The summed E-state index contributed by atoms with van der Waals surface area (Å²) in [6.07, 6.45) is 1.55. The van der Waals surface area contributed by atoms with Crippen molar-refractivity contribution in [1.29, 1.82) is 0 Å². The van der Waals surface area contributed by atoms with Gasteiger partial charge < -0.3 is 4.74 Å². The molecule has 148 valence electrons. The van der Waals surface area contributed by atoms with Crippen LogP contribution in [0, 0.1) is 0 Å². The van der Waals surface area contributed by atoms with Gasteiger partial charge in [-0.25, -0.2) is 0 Å². The molecule has 1 unspecified atom stereocenters. The number of ether oxygens (including phenoxy) is 1. The van der Waals surface area contributed by atoms with Crippen molar-refractivity contribution in [3.63, 3.8) is 0 Å². The van der Waals surface area contributed by atoms with Crippen LogP contribution in [0.4, 0.5) is 0 Å². The summed E-state index contributed by atoms with van der Waals surface area (Å²) in [6, 6.07) is 14.2. The lowest BCUT2D eigenvalue weighted by Gasteiger charge is -2.38. The molecule has 2 aromatic carbocycles. The van der Waals surface area contributed by atoms with Crippen molar-refractivity contribution in [2.24, 2.45) is 0 Å². The number of fused-ring (bicyclic) bond motifs is 1. The zero-order chi connectivity index (χ0) is 20.8. The van der Waals surface area contributed by atoms with Crippen LogP contribution in [0.3, 0.4) is 0 Å². The lowest BCUT2D eigenvalue weighted by molar-refractivity contribution is -0.0867. The number of rotatable bonds is 4. The molecule has 3 aromatic rings. The maximum absolute atomic E-state index is 13.5. The van der Waals surface area contributed by atoms with Gasteiger partial charge in [0.15, 0.2) is 5.72 Å². The van der Waals surface area contributed by atoms with E-state index in [0.29, 0.717) is 36.4 Å². The first-order valence-corrected chi connectivity index (χ1v) is 10.5. The molecule has 0 saturated heterocycles. The Labute approximate surface area is 191 Å². The highest BCUT2D eigenvalue weighted by molar-refractivity contribution is 9.10. The molecule has 29 heavy (non-hydrogen) atoms. The van der Waals surface area contributed by atoms with E-state index < -0.39 is 5.72 Å². The minimum absolute atomic E-state index is 0.203. The van der Waals surface area contributed by atoms with Crippen LogP contribution in [0.2, 0.25) is 15.1 Å². The van der Waals surface area contributed by atoms with Gasteiger partial charge in [-0.05, 0) is 36.4 Å². The smallest absolute Gasteiger partial charge is 0.257 e. The zero-order valence-corrected chi connectivity index (χ0v) is 19.0. The number of aromatic nitrogens is 1. The molecular formula is C21H14BrCl3N2O2. The molecule has 0 N–H and O–H groups in total. The van der Waals surface area contributed by atoms with Crippen molar-refractivity contribution in [1.82, 2.24) is 9.88 Å². The molecule has 0 radical (unpaired) electrons. The summed E-state index contributed by atoms with van der Waals surface area (Å²) in [7, 11) is 1.55. The van der Waals surface area contributed by atoms with Gasteiger partial charge in [0.25, 0.3) is 5.91 Å². The fourth-order valence-electron chi connectivity index (χ4n) is 3.66. The van der Waals surface area contributed by atoms with Gasteiger partial charge in [-0.15, -0.1) is 0 Å². The summed E-state index contributed by atoms with van der Waals surface area (Å²) in [5.74, 6) is -0.211. The van der Waals surface area contributed by atoms with E-state index in [1.807, 2.05) is 12.1 Å². The number of carbonyl (C=O) groups excluding carboxylic acids is 1. The molecule has 1 aliphatic heterocycles. The Kier molecular flexibility index (Phi) is 5.62. The summed E-state index contributed by atoms with van der Waals surface area (Å²) in [4.78, 5) is 19.4. The second kappa shape index (κ2) is 7.89. The lowest BCUT2D eigenvalue weighted by atomic mass is 9.93. The van der Waals surface area contributed by atoms with Crippen LogP contribution in [-0.4, -0.2) is 22.9 Å². The fraction of sp³-hybridized carbons (Fsp3) is 0.143. The topological polar surface area (TPSA) is 42.4 Å². The first-order chi connectivity index (χ1) is 13.9. The Morgan fingerprint density at radius 3 is 2.38 bits per heavy atom. The molecule has 0 fully saturated rings. The Bertz CT molecular complexity index is 1090. The molecule has 1 aromatic heterocycles. The largest absolute Gasteiger partial charge is 0.350 e. The number of halogens is 4. The van der Waals surface area contributed by atoms with E-state index in [0.717, 1.165) is 5.56 Å². The minimum Gasteiger partial charge on any atom is -0.350 e.